The van der Waals surface area contributed by atoms with Crippen molar-refractivity contribution in [2.75, 3.05) is 5.32 Å². The number of rotatable bonds is 3. The van der Waals surface area contributed by atoms with Crippen molar-refractivity contribution in [1.29, 1.82) is 0 Å². The number of carbonyl (C=O) groups excluding carboxylic acids is 1. The van der Waals surface area contributed by atoms with Crippen LogP contribution in [0.5, 0.6) is 0 Å². The van der Waals surface area contributed by atoms with E-state index in [1.807, 2.05) is 0 Å². The van der Waals surface area contributed by atoms with Crippen LogP contribution in [0.4, 0.5) is 23.2 Å². The average Bonchev–Trinajstić information content (AvgIpc) is 2.76. The van der Waals surface area contributed by atoms with Gasteiger partial charge >= 0.3 is 6.18 Å². The largest absolute Gasteiger partial charge is 0.435 e. The fourth-order valence-corrected chi connectivity index (χ4v) is 1.51. The van der Waals surface area contributed by atoms with Crippen molar-refractivity contribution in [3.63, 3.8) is 0 Å². The van der Waals surface area contributed by atoms with Gasteiger partial charge in [0.2, 0.25) is 5.91 Å². The molecule has 2 aromatic rings. The molecule has 1 amide bonds. The summed E-state index contributed by atoms with van der Waals surface area (Å²) in [5, 5.41) is 5.60. The number of anilines is 1. The molecule has 1 aromatic heterocycles. The molecule has 0 aliphatic carbocycles. The van der Waals surface area contributed by atoms with E-state index in [1.165, 1.54) is 18.2 Å². The Kier molecular flexibility index (Phi) is 3.73. The van der Waals surface area contributed by atoms with Gasteiger partial charge in [-0.1, -0.05) is 6.07 Å². The molecule has 0 fully saturated rings. The summed E-state index contributed by atoms with van der Waals surface area (Å²) < 4.78 is 50.7. The quantitative estimate of drug-likeness (QED) is 0.882. The van der Waals surface area contributed by atoms with Crippen molar-refractivity contribution in [3.8, 4) is 0 Å². The van der Waals surface area contributed by atoms with Gasteiger partial charge < -0.3 is 5.32 Å². The first-order chi connectivity index (χ1) is 9.34. The average molecular weight is 287 g/mol. The number of carbonyl (C=O) groups is 1. The van der Waals surface area contributed by atoms with Gasteiger partial charge in [-0.3, -0.25) is 9.48 Å². The van der Waals surface area contributed by atoms with Crippen LogP contribution in [0, 0.1) is 5.82 Å². The van der Waals surface area contributed by atoms with Crippen LogP contribution in [-0.2, 0) is 17.5 Å². The Morgan fingerprint density at radius 3 is 2.65 bits per heavy atom. The molecule has 20 heavy (non-hydrogen) atoms. The first kappa shape index (κ1) is 14.0. The molecule has 1 N–H and O–H groups in total. The monoisotopic (exact) mass is 287 g/mol. The molecule has 0 bridgehead atoms. The van der Waals surface area contributed by atoms with Crippen LogP contribution in [0.2, 0.25) is 0 Å². The second kappa shape index (κ2) is 5.32. The highest BCUT2D eigenvalue weighted by Crippen LogP contribution is 2.27. The molecular formula is C12H9F4N3O. The molecule has 0 unspecified atom stereocenters. The van der Waals surface area contributed by atoms with Crippen molar-refractivity contribution in [2.24, 2.45) is 0 Å². The van der Waals surface area contributed by atoms with E-state index in [-0.39, 0.29) is 5.69 Å². The fraction of sp³-hybridized carbons (Fsp3) is 0.167. The van der Waals surface area contributed by atoms with Crippen LogP contribution >= 0.6 is 0 Å². The topological polar surface area (TPSA) is 46.9 Å². The second-order valence-corrected chi connectivity index (χ2v) is 3.95. The lowest BCUT2D eigenvalue weighted by atomic mass is 10.3. The molecule has 0 saturated carbocycles. The summed E-state index contributed by atoms with van der Waals surface area (Å²) in [6, 6.07) is 5.95. The Bertz CT molecular complexity index is 621. The van der Waals surface area contributed by atoms with E-state index >= 15 is 0 Å². The summed E-state index contributed by atoms with van der Waals surface area (Å²) in [7, 11) is 0. The van der Waals surface area contributed by atoms with Gasteiger partial charge in [0.15, 0.2) is 5.69 Å². The van der Waals surface area contributed by atoms with Gasteiger partial charge in [-0.05, 0) is 24.3 Å². The zero-order valence-corrected chi connectivity index (χ0v) is 9.99. The zero-order chi connectivity index (χ0) is 14.8. The maximum Gasteiger partial charge on any atom is 0.435 e. The summed E-state index contributed by atoms with van der Waals surface area (Å²) in [6.07, 6.45) is -3.50. The van der Waals surface area contributed by atoms with E-state index in [1.54, 1.807) is 0 Å². The van der Waals surface area contributed by atoms with E-state index in [0.717, 1.165) is 23.0 Å². The van der Waals surface area contributed by atoms with Gasteiger partial charge in [0.05, 0.1) is 0 Å². The third-order valence-electron chi connectivity index (χ3n) is 2.35. The van der Waals surface area contributed by atoms with Gasteiger partial charge in [-0.15, -0.1) is 0 Å². The lowest BCUT2D eigenvalue weighted by Gasteiger charge is -2.05. The zero-order valence-electron chi connectivity index (χ0n) is 9.99. The molecule has 0 spiro atoms. The van der Waals surface area contributed by atoms with Gasteiger partial charge in [0.1, 0.15) is 12.4 Å². The number of benzene rings is 1. The van der Waals surface area contributed by atoms with E-state index in [4.69, 9.17) is 0 Å². The van der Waals surface area contributed by atoms with Crippen molar-refractivity contribution in [2.45, 2.75) is 12.7 Å². The van der Waals surface area contributed by atoms with Crippen LogP contribution < -0.4 is 5.32 Å². The molecule has 0 aliphatic heterocycles. The molecule has 4 nitrogen and oxygen atoms in total. The molecule has 1 aromatic carbocycles. The molecular weight excluding hydrogens is 278 g/mol. The smallest absolute Gasteiger partial charge is 0.324 e. The van der Waals surface area contributed by atoms with Crippen LogP contribution in [0.3, 0.4) is 0 Å². The van der Waals surface area contributed by atoms with Crippen molar-refractivity contribution in [3.05, 3.63) is 48.0 Å². The Labute approximate surface area is 111 Å². The minimum Gasteiger partial charge on any atom is -0.324 e. The minimum absolute atomic E-state index is 0.221. The van der Waals surface area contributed by atoms with Gasteiger partial charge in [-0.2, -0.15) is 18.3 Å². The number of amides is 1. The third-order valence-corrected chi connectivity index (χ3v) is 2.35. The number of alkyl halides is 3. The molecule has 0 atom stereocenters. The van der Waals surface area contributed by atoms with Crippen molar-refractivity contribution < 1.29 is 22.4 Å². The lowest BCUT2D eigenvalue weighted by Crippen LogP contribution is -2.19. The Morgan fingerprint density at radius 2 is 2.05 bits per heavy atom. The number of aromatic nitrogens is 2. The second-order valence-electron chi connectivity index (χ2n) is 3.95. The Balaban J connectivity index is 2.00. The van der Waals surface area contributed by atoms with Crippen molar-refractivity contribution in [1.82, 2.24) is 9.78 Å². The number of halogens is 4. The highest BCUT2D eigenvalue weighted by Gasteiger charge is 2.33. The van der Waals surface area contributed by atoms with Gasteiger partial charge in [0, 0.05) is 11.9 Å². The van der Waals surface area contributed by atoms with E-state index in [9.17, 15) is 22.4 Å². The normalized spacial score (nSPS) is 11.4. The van der Waals surface area contributed by atoms with E-state index in [0.29, 0.717) is 0 Å². The highest BCUT2D eigenvalue weighted by molar-refractivity contribution is 5.90. The summed E-state index contributed by atoms with van der Waals surface area (Å²) in [4.78, 5) is 11.6. The van der Waals surface area contributed by atoms with Crippen LogP contribution in [0.25, 0.3) is 0 Å². The highest BCUT2D eigenvalue weighted by atomic mass is 19.4. The fourth-order valence-electron chi connectivity index (χ4n) is 1.51. The molecule has 0 saturated heterocycles. The summed E-state index contributed by atoms with van der Waals surface area (Å²) >= 11 is 0. The summed E-state index contributed by atoms with van der Waals surface area (Å²) in [5.74, 6) is -1.13. The Hall–Kier alpha value is -2.38. The maximum atomic E-state index is 12.9. The number of nitrogens with one attached hydrogen (secondary N) is 1. The molecule has 106 valence electrons. The molecule has 2 rings (SSSR count). The van der Waals surface area contributed by atoms with Crippen molar-refractivity contribution >= 4 is 11.6 Å². The standard InChI is InChI=1S/C12H9F4N3O/c13-8-2-1-3-9(6-8)17-11(20)7-19-5-4-10(18-19)12(14,15)16/h1-6H,7H2,(H,17,20). The predicted octanol–water partition coefficient (Wildman–Crippen LogP) is 2.68. The third kappa shape index (κ3) is 3.56. The van der Waals surface area contributed by atoms with E-state index < -0.39 is 30.1 Å². The molecule has 1 heterocycles. The molecule has 0 aliphatic rings. The summed E-state index contributed by atoms with van der Waals surface area (Å²) in [5.41, 5.74) is -0.853. The minimum atomic E-state index is -4.55. The van der Waals surface area contributed by atoms with E-state index in [2.05, 4.69) is 10.4 Å². The van der Waals surface area contributed by atoms with Gasteiger partial charge in [0.25, 0.3) is 0 Å². The first-order valence-electron chi connectivity index (χ1n) is 5.51. The molecule has 0 radical (unpaired) electrons. The molecule has 8 heteroatoms. The van der Waals surface area contributed by atoms with Gasteiger partial charge in [-0.25, -0.2) is 4.39 Å². The SMILES string of the molecule is O=C(Cn1ccc(C(F)(F)F)n1)Nc1cccc(F)c1. The maximum absolute atomic E-state index is 12.9. The predicted molar refractivity (Wildman–Crippen MR) is 62.3 cm³/mol. The van der Waals surface area contributed by atoms with Crippen LogP contribution in [0.1, 0.15) is 5.69 Å². The summed E-state index contributed by atoms with van der Waals surface area (Å²) in [6.45, 7) is -0.396. The van der Waals surface area contributed by atoms with Crippen LogP contribution in [0.15, 0.2) is 36.5 Å². The number of nitrogens with zero attached hydrogens (tertiary/aromatic N) is 2. The van der Waals surface area contributed by atoms with Crippen LogP contribution in [-0.4, -0.2) is 15.7 Å². The first-order valence-corrected chi connectivity index (χ1v) is 5.51. The number of hydrogen-bond acceptors (Lipinski definition) is 2. The Morgan fingerprint density at radius 1 is 1.30 bits per heavy atom. The lowest BCUT2D eigenvalue weighted by molar-refractivity contribution is -0.141. The number of hydrogen-bond donors (Lipinski definition) is 1.